The quantitative estimate of drug-likeness (QED) is 0.930. The maximum Gasteiger partial charge on any atom is 0.241 e. The molecule has 2 fully saturated rings. The molecule has 1 amide bonds. The van der Waals surface area contributed by atoms with E-state index in [1.165, 1.54) is 9.75 Å². The molecule has 5 heteroatoms. The van der Waals surface area contributed by atoms with Gasteiger partial charge in [0.05, 0.1) is 18.7 Å². The monoisotopic (exact) mass is 308 g/mol. The Bertz CT molecular complexity index is 508. The highest BCUT2D eigenvalue weighted by Gasteiger charge is 2.44. The molecule has 2 aliphatic heterocycles. The maximum atomic E-state index is 12.8. The number of carbonyl (C=O) groups excluding carboxylic acids is 1. The van der Waals surface area contributed by atoms with Crippen molar-refractivity contribution < 1.29 is 9.53 Å². The predicted molar refractivity (Wildman–Crippen MR) is 84.2 cm³/mol. The van der Waals surface area contributed by atoms with Crippen LogP contribution in [-0.4, -0.2) is 36.1 Å². The van der Waals surface area contributed by atoms with Crippen LogP contribution in [0, 0.1) is 12.8 Å². The Morgan fingerprint density at radius 3 is 2.86 bits per heavy atom. The fourth-order valence-electron chi connectivity index (χ4n) is 3.24. The van der Waals surface area contributed by atoms with Crippen molar-refractivity contribution in [3.8, 4) is 0 Å². The molecule has 0 aliphatic carbocycles. The van der Waals surface area contributed by atoms with Gasteiger partial charge in [-0.25, -0.2) is 0 Å². The summed E-state index contributed by atoms with van der Waals surface area (Å²) in [5.74, 6) is 0.757. The molecule has 3 heterocycles. The third-order valence-electron chi connectivity index (χ3n) is 4.23. The van der Waals surface area contributed by atoms with Gasteiger partial charge in [0.25, 0.3) is 0 Å². The van der Waals surface area contributed by atoms with Gasteiger partial charge in [-0.1, -0.05) is 13.8 Å². The summed E-state index contributed by atoms with van der Waals surface area (Å²) in [5, 5.41) is 3.56. The number of ether oxygens (including phenoxy) is 1. The van der Waals surface area contributed by atoms with Crippen molar-refractivity contribution in [2.75, 3.05) is 13.2 Å². The van der Waals surface area contributed by atoms with Crippen LogP contribution in [0.15, 0.2) is 12.1 Å². The zero-order valence-corrected chi connectivity index (χ0v) is 13.8. The van der Waals surface area contributed by atoms with Crippen LogP contribution in [0.5, 0.6) is 0 Å². The van der Waals surface area contributed by atoms with Gasteiger partial charge >= 0.3 is 0 Å². The van der Waals surface area contributed by atoms with E-state index >= 15 is 0 Å². The number of amides is 1. The van der Waals surface area contributed by atoms with E-state index in [2.05, 4.69) is 38.2 Å². The van der Waals surface area contributed by atoms with Crippen LogP contribution in [0.25, 0.3) is 0 Å². The lowest BCUT2D eigenvalue weighted by Gasteiger charge is -2.28. The smallest absolute Gasteiger partial charge is 0.241 e. The molecular formula is C16H24N2O2S. The molecule has 0 aromatic carbocycles. The first kappa shape index (κ1) is 15.0. The molecule has 1 aromatic heterocycles. The highest BCUT2D eigenvalue weighted by molar-refractivity contribution is 7.12. The zero-order valence-electron chi connectivity index (χ0n) is 13.0. The SMILES string of the molecule is Cc1ccc(C2NC(CC(C)C)C(=O)N2C2CCOC2)s1. The Morgan fingerprint density at radius 1 is 1.48 bits per heavy atom. The number of nitrogens with one attached hydrogen (secondary N) is 1. The van der Waals surface area contributed by atoms with Gasteiger partial charge in [-0.3, -0.25) is 10.1 Å². The van der Waals surface area contributed by atoms with Crippen LogP contribution >= 0.6 is 11.3 Å². The van der Waals surface area contributed by atoms with E-state index in [0.717, 1.165) is 19.4 Å². The first-order valence-corrected chi connectivity index (χ1v) is 8.60. The molecule has 0 radical (unpaired) electrons. The number of hydrogen-bond acceptors (Lipinski definition) is 4. The molecule has 2 saturated heterocycles. The summed E-state index contributed by atoms with van der Waals surface area (Å²) in [6, 6.07) is 4.43. The summed E-state index contributed by atoms with van der Waals surface area (Å²) in [7, 11) is 0. The zero-order chi connectivity index (χ0) is 15.0. The molecule has 4 nitrogen and oxygen atoms in total. The number of aryl methyl sites for hydroxylation is 1. The van der Waals surface area contributed by atoms with Crippen LogP contribution in [0.2, 0.25) is 0 Å². The summed E-state index contributed by atoms with van der Waals surface area (Å²) < 4.78 is 5.51. The second kappa shape index (κ2) is 6.07. The molecule has 3 rings (SSSR count). The van der Waals surface area contributed by atoms with Crippen LogP contribution in [0.1, 0.15) is 42.6 Å². The van der Waals surface area contributed by atoms with E-state index in [1.807, 2.05) is 4.90 Å². The molecule has 21 heavy (non-hydrogen) atoms. The van der Waals surface area contributed by atoms with Crippen LogP contribution in [0.3, 0.4) is 0 Å². The summed E-state index contributed by atoms with van der Waals surface area (Å²) in [6.45, 7) is 7.88. The number of hydrogen-bond donors (Lipinski definition) is 1. The van der Waals surface area contributed by atoms with Crippen molar-refractivity contribution in [2.45, 2.75) is 51.9 Å². The minimum absolute atomic E-state index is 0.0200. The molecule has 2 aliphatic rings. The van der Waals surface area contributed by atoms with Crippen LogP contribution in [0.4, 0.5) is 0 Å². The highest BCUT2D eigenvalue weighted by atomic mass is 32.1. The summed E-state index contributed by atoms with van der Waals surface area (Å²) >= 11 is 1.77. The van der Waals surface area contributed by atoms with Gasteiger partial charge in [0, 0.05) is 16.4 Å². The number of carbonyl (C=O) groups is 1. The molecule has 116 valence electrons. The lowest BCUT2D eigenvalue weighted by molar-refractivity contribution is -0.132. The van der Waals surface area contributed by atoms with Gasteiger partial charge in [-0.2, -0.15) is 0 Å². The molecule has 1 N–H and O–H groups in total. The van der Waals surface area contributed by atoms with Crippen LogP contribution < -0.4 is 5.32 Å². The Balaban J connectivity index is 1.86. The number of nitrogens with zero attached hydrogens (tertiary/aromatic N) is 1. The molecule has 3 unspecified atom stereocenters. The molecular weight excluding hydrogens is 284 g/mol. The average Bonchev–Trinajstić information content (AvgIpc) is 3.11. The Kier molecular flexibility index (Phi) is 4.33. The Labute approximate surface area is 130 Å². The van der Waals surface area contributed by atoms with Gasteiger partial charge < -0.3 is 9.64 Å². The third-order valence-corrected chi connectivity index (χ3v) is 5.28. The second-order valence-corrected chi connectivity index (χ2v) is 7.78. The van der Waals surface area contributed by atoms with Crippen molar-refractivity contribution in [1.82, 2.24) is 10.2 Å². The van der Waals surface area contributed by atoms with Gasteiger partial charge in [0.2, 0.25) is 5.91 Å². The molecule has 3 atom stereocenters. The fourth-order valence-corrected chi connectivity index (χ4v) is 4.18. The number of thiophene rings is 1. The number of rotatable bonds is 4. The summed E-state index contributed by atoms with van der Waals surface area (Å²) in [5.41, 5.74) is 0. The normalized spacial score (nSPS) is 29.8. The first-order valence-electron chi connectivity index (χ1n) is 7.78. The first-order chi connectivity index (χ1) is 10.1. The lowest BCUT2D eigenvalue weighted by Crippen LogP contribution is -2.40. The van der Waals surface area contributed by atoms with Gasteiger partial charge in [-0.15, -0.1) is 11.3 Å². The summed E-state index contributed by atoms with van der Waals surface area (Å²) in [4.78, 5) is 17.4. The van der Waals surface area contributed by atoms with Crippen molar-refractivity contribution in [2.24, 2.45) is 5.92 Å². The third kappa shape index (κ3) is 3.00. The van der Waals surface area contributed by atoms with Crippen LogP contribution in [-0.2, 0) is 9.53 Å². The maximum absolute atomic E-state index is 12.8. The molecule has 0 bridgehead atoms. The van der Waals surface area contributed by atoms with E-state index in [4.69, 9.17) is 4.74 Å². The van der Waals surface area contributed by atoms with Crippen molar-refractivity contribution in [1.29, 1.82) is 0 Å². The van der Waals surface area contributed by atoms with Gasteiger partial charge in [0.15, 0.2) is 0 Å². The molecule has 0 spiro atoms. The van der Waals surface area contributed by atoms with Crippen molar-refractivity contribution in [3.63, 3.8) is 0 Å². The van der Waals surface area contributed by atoms with E-state index < -0.39 is 0 Å². The fraction of sp³-hybridized carbons (Fsp3) is 0.688. The van der Waals surface area contributed by atoms with Gasteiger partial charge in [0.1, 0.15) is 6.17 Å². The highest BCUT2D eigenvalue weighted by Crippen LogP contribution is 2.35. The molecule has 1 aromatic rings. The predicted octanol–water partition coefficient (Wildman–Crippen LogP) is 2.69. The van der Waals surface area contributed by atoms with E-state index in [9.17, 15) is 4.79 Å². The Morgan fingerprint density at radius 2 is 2.29 bits per heavy atom. The standard InChI is InChI=1S/C16H24N2O2S/c1-10(2)8-13-16(19)18(12-6-7-20-9-12)15(17-13)14-5-4-11(3)21-14/h4-5,10,12-13,15,17H,6-9H2,1-3H3. The Hall–Kier alpha value is -0.910. The van der Waals surface area contributed by atoms with E-state index in [-0.39, 0.29) is 24.2 Å². The van der Waals surface area contributed by atoms with E-state index in [0.29, 0.717) is 12.5 Å². The average molecular weight is 308 g/mol. The topological polar surface area (TPSA) is 41.6 Å². The largest absolute Gasteiger partial charge is 0.379 e. The van der Waals surface area contributed by atoms with Crippen molar-refractivity contribution in [3.05, 3.63) is 21.9 Å². The second-order valence-electron chi connectivity index (χ2n) is 6.46. The lowest BCUT2D eigenvalue weighted by atomic mass is 10.0. The van der Waals surface area contributed by atoms with Crippen molar-refractivity contribution >= 4 is 17.2 Å². The summed E-state index contributed by atoms with van der Waals surface area (Å²) in [6.07, 6.45) is 1.86. The minimum Gasteiger partial charge on any atom is -0.379 e. The van der Waals surface area contributed by atoms with Gasteiger partial charge in [-0.05, 0) is 37.8 Å². The molecule has 0 saturated carbocycles. The van der Waals surface area contributed by atoms with E-state index in [1.54, 1.807) is 11.3 Å². The minimum atomic E-state index is -0.0574.